The Morgan fingerprint density at radius 3 is 2.63 bits per heavy atom. The quantitative estimate of drug-likeness (QED) is 0.433. The first kappa shape index (κ1) is 17.1. The average molecular weight is 352 g/mol. The van der Waals surface area contributed by atoms with E-state index in [2.05, 4.69) is 17.6 Å². The number of rotatable bonds is 5. The molecule has 4 aromatic rings. The van der Waals surface area contributed by atoms with Gasteiger partial charge in [0.25, 0.3) is 0 Å². The summed E-state index contributed by atoms with van der Waals surface area (Å²) in [5, 5.41) is 12.1. The van der Waals surface area contributed by atoms with E-state index >= 15 is 0 Å². The molecule has 3 aromatic carbocycles. The maximum absolute atomic E-state index is 13.5. The zero-order valence-corrected chi connectivity index (χ0v) is 15.3. The minimum absolute atomic E-state index is 0.00198. The molecule has 0 aliphatic rings. The van der Waals surface area contributed by atoms with Gasteiger partial charge in [0.15, 0.2) is 5.78 Å². The summed E-state index contributed by atoms with van der Waals surface area (Å²) in [5.74, 6) is 0.00198. The number of hydrogen-bond acceptors (Lipinski definition) is 2. The SMILES string of the molecule is CCCCn1cc(C(=O)c2cccc3ccccc23)c2cc(C#N)ccc21. The summed E-state index contributed by atoms with van der Waals surface area (Å²) < 4.78 is 2.14. The Balaban J connectivity index is 1.91. The maximum atomic E-state index is 13.5. The molecular weight excluding hydrogens is 332 g/mol. The van der Waals surface area contributed by atoms with Gasteiger partial charge >= 0.3 is 0 Å². The molecule has 0 spiro atoms. The molecule has 132 valence electrons. The largest absolute Gasteiger partial charge is 0.347 e. The lowest BCUT2D eigenvalue weighted by atomic mass is 9.96. The van der Waals surface area contributed by atoms with E-state index in [9.17, 15) is 10.1 Å². The Morgan fingerprint density at radius 1 is 1.00 bits per heavy atom. The molecule has 4 rings (SSSR count). The van der Waals surface area contributed by atoms with Crippen molar-refractivity contribution in [2.45, 2.75) is 26.3 Å². The molecule has 0 aliphatic carbocycles. The normalized spacial score (nSPS) is 11.0. The van der Waals surface area contributed by atoms with Crippen LogP contribution in [0.4, 0.5) is 0 Å². The van der Waals surface area contributed by atoms with Crippen LogP contribution in [0.2, 0.25) is 0 Å². The molecule has 0 saturated carbocycles. The Labute approximate surface area is 158 Å². The molecule has 0 fully saturated rings. The first-order chi connectivity index (χ1) is 13.2. The molecule has 0 amide bonds. The van der Waals surface area contributed by atoms with E-state index in [1.807, 2.05) is 66.9 Å². The number of carbonyl (C=O) groups is 1. The fourth-order valence-electron chi connectivity index (χ4n) is 3.63. The van der Waals surface area contributed by atoms with Crippen molar-refractivity contribution >= 4 is 27.5 Å². The van der Waals surface area contributed by atoms with E-state index in [1.165, 1.54) is 0 Å². The van der Waals surface area contributed by atoms with Crippen LogP contribution >= 0.6 is 0 Å². The van der Waals surface area contributed by atoms with Crippen molar-refractivity contribution in [2.75, 3.05) is 0 Å². The topological polar surface area (TPSA) is 45.8 Å². The molecule has 0 bridgehead atoms. The van der Waals surface area contributed by atoms with Gasteiger partial charge in [-0.3, -0.25) is 4.79 Å². The summed E-state index contributed by atoms with van der Waals surface area (Å²) in [5.41, 5.74) is 2.94. The van der Waals surface area contributed by atoms with Gasteiger partial charge in [-0.2, -0.15) is 5.26 Å². The van der Waals surface area contributed by atoms with Crippen molar-refractivity contribution < 1.29 is 4.79 Å². The zero-order valence-electron chi connectivity index (χ0n) is 15.3. The van der Waals surface area contributed by atoms with Crippen LogP contribution in [0.5, 0.6) is 0 Å². The van der Waals surface area contributed by atoms with Gasteiger partial charge in [0, 0.05) is 34.8 Å². The van der Waals surface area contributed by atoms with Crippen LogP contribution in [0.15, 0.2) is 66.9 Å². The second-order valence-corrected chi connectivity index (χ2v) is 6.79. The van der Waals surface area contributed by atoms with Gasteiger partial charge in [-0.1, -0.05) is 55.8 Å². The number of nitrogens with zero attached hydrogens (tertiary/aromatic N) is 2. The second kappa shape index (κ2) is 7.09. The highest BCUT2D eigenvalue weighted by Crippen LogP contribution is 2.28. The standard InChI is InChI=1S/C24H20N2O/c1-2-3-13-26-16-22(21-14-17(15-25)11-12-23(21)26)24(27)20-10-6-8-18-7-4-5-9-19(18)20/h4-12,14,16H,2-3,13H2,1H3. The number of aromatic nitrogens is 1. The number of ketones is 1. The number of benzene rings is 3. The zero-order chi connectivity index (χ0) is 18.8. The number of carbonyl (C=O) groups excluding carboxylic acids is 1. The van der Waals surface area contributed by atoms with Crippen molar-refractivity contribution in [3.8, 4) is 6.07 Å². The second-order valence-electron chi connectivity index (χ2n) is 6.79. The van der Waals surface area contributed by atoms with E-state index in [0.29, 0.717) is 16.7 Å². The van der Waals surface area contributed by atoms with E-state index in [0.717, 1.165) is 41.1 Å². The smallest absolute Gasteiger partial charge is 0.195 e. The number of nitriles is 1. The Morgan fingerprint density at radius 2 is 1.81 bits per heavy atom. The summed E-state index contributed by atoms with van der Waals surface area (Å²) >= 11 is 0. The first-order valence-electron chi connectivity index (χ1n) is 9.28. The molecule has 0 saturated heterocycles. The predicted molar refractivity (Wildman–Crippen MR) is 109 cm³/mol. The fourth-order valence-corrected chi connectivity index (χ4v) is 3.63. The van der Waals surface area contributed by atoms with Gasteiger partial charge in [0.05, 0.1) is 11.6 Å². The predicted octanol–water partition coefficient (Wildman–Crippen LogP) is 5.70. The summed E-state index contributed by atoms with van der Waals surface area (Å²) in [6.45, 7) is 3.02. The van der Waals surface area contributed by atoms with Gasteiger partial charge in [-0.05, 0) is 35.4 Å². The highest BCUT2D eigenvalue weighted by atomic mass is 16.1. The Hall–Kier alpha value is -3.38. The molecule has 27 heavy (non-hydrogen) atoms. The number of fused-ring (bicyclic) bond motifs is 2. The van der Waals surface area contributed by atoms with Gasteiger partial charge in [0.2, 0.25) is 0 Å². The van der Waals surface area contributed by atoms with Crippen LogP contribution in [0.3, 0.4) is 0 Å². The molecule has 0 unspecified atom stereocenters. The monoisotopic (exact) mass is 352 g/mol. The lowest BCUT2D eigenvalue weighted by Crippen LogP contribution is -2.02. The van der Waals surface area contributed by atoms with Crippen LogP contribution in [0, 0.1) is 11.3 Å². The Bertz CT molecular complexity index is 1190. The molecule has 3 nitrogen and oxygen atoms in total. The molecule has 0 N–H and O–H groups in total. The third kappa shape index (κ3) is 3.00. The van der Waals surface area contributed by atoms with Gasteiger partial charge in [-0.15, -0.1) is 0 Å². The third-order valence-corrected chi connectivity index (χ3v) is 5.04. The number of aryl methyl sites for hydroxylation is 1. The third-order valence-electron chi connectivity index (χ3n) is 5.04. The summed E-state index contributed by atoms with van der Waals surface area (Å²) in [6, 6.07) is 21.5. The van der Waals surface area contributed by atoms with Gasteiger partial charge < -0.3 is 4.57 Å². The minimum Gasteiger partial charge on any atom is -0.347 e. The average Bonchev–Trinajstić information content (AvgIpc) is 3.09. The molecule has 1 aromatic heterocycles. The van der Waals surface area contributed by atoms with Crippen molar-refractivity contribution in [3.05, 3.63) is 83.6 Å². The summed E-state index contributed by atoms with van der Waals surface area (Å²) in [4.78, 5) is 13.5. The van der Waals surface area contributed by atoms with Crippen molar-refractivity contribution in [1.82, 2.24) is 4.57 Å². The molecular formula is C24H20N2O. The molecule has 0 radical (unpaired) electrons. The maximum Gasteiger partial charge on any atom is 0.195 e. The molecule has 0 atom stereocenters. The van der Waals surface area contributed by atoms with Gasteiger partial charge in [0.1, 0.15) is 0 Å². The van der Waals surface area contributed by atoms with Crippen LogP contribution in [-0.2, 0) is 6.54 Å². The highest BCUT2D eigenvalue weighted by Gasteiger charge is 2.19. The Kier molecular flexibility index (Phi) is 4.48. The van der Waals surface area contributed by atoms with Crippen LogP contribution in [0.1, 0.15) is 41.3 Å². The van der Waals surface area contributed by atoms with Crippen molar-refractivity contribution in [1.29, 1.82) is 5.26 Å². The van der Waals surface area contributed by atoms with Crippen LogP contribution in [-0.4, -0.2) is 10.4 Å². The molecule has 1 heterocycles. The lowest BCUT2D eigenvalue weighted by Gasteiger charge is -2.05. The number of hydrogen-bond donors (Lipinski definition) is 0. The fraction of sp³-hybridized carbons (Fsp3) is 0.167. The first-order valence-corrected chi connectivity index (χ1v) is 9.28. The van der Waals surface area contributed by atoms with Crippen molar-refractivity contribution in [3.63, 3.8) is 0 Å². The van der Waals surface area contributed by atoms with E-state index in [1.54, 1.807) is 0 Å². The van der Waals surface area contributed by atoms with E-state index in [-0.39, 0.29) is 5.78 Å². The van der Waals surface area contributed by atoms with Crippen LogP contribution < -0.4 is 0 Å². The summed E-state index contributed by atoms with van der Waals surface area (Å²) in [6.07, 6.45) is 4.08. The van der Waals surface area contributed by atoms with Crippen molar-refractivity contribution in [2.24, 2.45) is 0 Å². The molecule has 3 heteroatoms. The highest BCUT2D eigenvalue weighted by molar-refractivity contribution is 6.21. The van der Waals surface area contributed by atoms with Gasteiger partial charge in [-0.25, -0.2) is 0 Å². The van der Waals surface area contributed by atoms with E-state index < -0.39 is 0 Å². The number of unbranched alkanes of at least 4 members (excludes halogenated alkanes) is 1. The minimum atomic E-state index is 0.00198. The lowest BCUT2D eigenvalue weighted by molar-refractivity contribution is 0.104. The molecule has 0 aliphatic heterocycles. The van der Waals surface area contributed by atoms with Crippen LogP contribution in [0.25, 0.3) is 21.7 Å². The summed E-state index contributed by atoms with van der Waals surface area (Å²) in [7, 11) is 0. The van der Waals surface area contributed by atoms with E-state index in [4.69, 9.17) is 0 Å².